The summed E-state index contributed by atoms with van der Waals surface area (Å²) in [5, 5.41) is 0. The van der Waals surface area contributed by atoms with Crippen LogP contribution in [0.5, 0.6) is 0 Å². The largest absolute Gasteiger partial charge is 0.380 e. The highest BCUT2D eigenvalue weighted by Gasteiger charge is 2.30. The van der Waals surface area contributed by atoms with Gasteiger partial charge in [-0.15, -0.1) is 0 Å². The van der Waals surface area contributed by atoms with Crippen LogP contribution < -0.4 is 5.73 Å². The lowest BCUT2D eigenvalue weighted by molar-refractivity contribution is -0.137. The van der Waals surface area contributed by atoms with Crippen LogP contribution in [-0.2, 0) is 9.53 Å². The highest BCUT2D eigenvalue weighted by atomic mass is 16.5. The molecule has 1 saturated carbocycles. The monoisotopic (exact) mass is 256 g/mol. The van der Waals surface area contributed by atoms with E-state index in [0.29, 0.717) is 12.5 Å². The number of amides is 1. The number of likely N-dealkylation sites (N-methyl/N-ethyl adjacent to an activating group) is 1. The van der Waals surface area contributed by atoms with Crippen LogP contribution in [0, 0.1) is 11.8 Å². The van der Waals surface area contributed by atoms with Crippen LogP contribution >= 0.6 is 0 Å². The number of carbonyl (C=O) groups is 1. The fraction of sp³-hybridized carbons (Fsp3) is 0.929. The predicted molar refractivity (Wildman–Crippen MR) is 73.2 cm³/mol. The first-order valence-corrected chi connectivity index (χ1v) is 6.99. The molecule has 0 aliphatic heterocycles. The Morgan fingerprint density at radius 1 is 1.44 bits per heavy atom. The maximum atomic E-state index is 12.3. The Bertz CT molecular complexity index is 271. The summed E-state index contributed by atoms with van der Waals surface area (Å²) in [6.45, 7) is 4.67. The van der Waals surface area contributed by atoms with Gasteiger partial charge in [-0.25, -0.2) is 0 Å². The number of nitrogens with zero attached hydrogens (tertiary/aromatic N) is 1. The van der Waals surface area contributed by atoms with E-state index >= 15 is 0 Å². The number of hydrogen-bond acceptors (Lipinski definition) is 3. The lowest BCUT2D eigenvalue weighted by Gasteiger charge is -2.33. The minimum Gasteiger partial charge on any atom is -0.380 e. The quantitative estimate of drug-likeness (QED) is 0.813. The van der Waals surface area contributed by atoms with Gasteiger partial charge in [0.25, 0.3) is 0 Å². The first-order valence-electron chi connectivity index (χ1n) is 6.99. The molecule has 4 heteroatoms. The zero-order chi connectivity index (χ0) is 13.7. The van der Waals surface area contributed by atoms with E-state index in [1.165, 1.54) is 0 Å². The number of ether oxygens (including phenoxy) is 1. The average molecular weight is 256 g/mol. The maximum absolute atomic E-state index is 12.3. The molecule has 4 atom stereocenters. The van der Waals surface area contributed by atoms with Gasteiger partial charge in [0.05, 0.1) is 6.10 Å². The Morgan fingerprint density at radius 2 is 2.11 bits per heavy atom. The van der Waals surface area contributed by atoms with Gasteiger partial charge in [-0.05, 0) is 32.1 Å². The summed E-state index contributed by atoms with van der Waals surface area (Å²) < 4.78 is 5.20. The summed E-state index contributed by atoms with van der Waals surface area (Å²) in [5.74, 6) is 0.741. The van der Waals surface area contributed by atoms with Gasteiger partial charge in [0.1, 0.15) is 0 Å². The fourth-order valence-corrected chi connectivity index (χ4v) is 2.82. The summed E-state index contributed by atoms with van der Waals surface area (Å²) in [4.78, 5) is 14.1. The zero-order valence-corrected chi connectivity index (χ0v) is 12.2. The van der Waals surface area contributed by atoms with E-state index in [4.69, 9.17) is 10.5 Å². The molecule has 1 aliphatic rings. The van der Waals surface area contributed by atoms with Gasteiger partial charge in [0.15, 0.2) is 0 Å². The second-order valence-electron chi connectivity index (χ2n) is 5.74. The fourth-order valence-electron chi connectivity index (χ4n) is 2.82. The molecule has 4 unspecified atom stereocenters. The van der Waals surface area contributed by atoms with Crippen molar-refractivity contribution in [3.63, 3.8) is 0 Å². The molecule has 0 saturated heterocycles. The Labute approximate surface area is 111 Å². The molecule has 2 N–H and O–H groups in total. The molecular formula is C14H28N2O2. The second-order valence-corrected chi connectivity index (χ2v) is 5.74. The van der Waals surface area contributed by atoms with Crippen LogP contribution in [0.15, 0.2) is 0 Å². The highest BCUT2D eigenvalue weighted by Crippen LogP contribution is 2.30. The molecular weight excluding hydrogens is 228 g/mol. The van der Waals surface area contributed by atoms with E-state index in [2.05, 4.69) is 0 Å². The Hall–Kier alpha value is -0.610. The smallest absolute Gasteiger partial charge is 0.225 e. The molecule has 106 valence electrons. The van der Waals surface area contributed by atoms with Crippen LogP contribution in [-0.4, -0.2) is 43.7 Å². The number of methoxy groups -OCH3 is 1. The molecule has 1 rings (SSSR count). The van der Waals surface area contributed by atoms with Gasteiger partial charge in [-0.3, -0.25) is 4.79 Å². The molecule has 18 heavy (non-hydrogen) atoms. The van der Waals surface area contributed by atoms with Gasteiger partial charge >= 0.3 is 0 Å². The van der Waals surface area contributed by atoms with Crippen LogP contribution in [0.4, 0.5) is 0 Å². The average Bonchev–Trinajstić information content (AvgIpc) is 2.36. The van der Waals surface area contributed by atoms with Crippen molar-refractivity contribution in [2.45, 2.75) is 51.7 Å². The molecule has 1 fully saturated rings. The van der Waals surface area contributed by atoms with Crippen LogP contribution in [0.2, 0.25) is 0 Å². The molecule has 0 aromatic carbocycles. The van der Waals surface area contributed by atoms with Crippen molar-refractivity contribution in [2.24, 2.45) is 17.6 Å². The first-order chi connectivity index (χ1) is 8.45. The van der Waals surface area contributed by atoms with E-state index in [0.717, 1.165) is 25.7 Å². The van der Waals surface area contributed by atoms with Gasteiger partial charge < -0.3 is 15.4 Å². The lowest BCUT2D eigenvalue weighted by Crippen LogP contribution is -2.41. The van der Waals surface area contributed by atoms with Crippen molar-refractivity contribution < 1.29 is 9.53 Å². The van der Waals surface area contributed by atoms with E-state index in [9.17, 15) is 4.79 Å². The minimum absolute atomic E-state index is 0.0745. The topological polar surface area (TPSA) is 55.6 Å². The molecule has 1 amide bonds. The van der Waals surface area contributed by atoms with Crippen molar-refractivity contribution in [2.75, 3.05) is 20.7 Å². The van der Waals surface area contributed by atoms with Gasteiger partial charge in [0, 0.05) is 32.7 Å². The van der Waals surface area contributed by atoms with Crippen molar-refractivity contribution in [3.8, 4) is 0 Å². The summed E-state index contributed by atoms with van der Waals surface area (Å²) >= 11 is 0. The molecule has 4 nitrogen and oxygen atoms in total. The third-order valence-corrected chi connectivity index (χ3v) is 4.16. The van der Waals surface area contributed by atoms with Crippen LogP contribution in [0.1, 0.15) is 39.5 Å². The summed E-state index contributed by atoms with van der Waals surface area (Å²) in [7, 11) is 3.53. The molecule has 0 aromatic heterocycles. The van der Waals surface area contributed by atoms with Gasteiger partial charge in [-0.2, -0.15) is 0 Å². The van der Waals surface area contributed by atoms with Crippen LogP contribution in [0.25, 0.3) is 0 Å². The second kappa shape index (κ2) is 7.10. The summed E-state index contributed by atoms with van der Waals surface area (Å²) in [6.07, 6.45) is 4.46. The molecule has 1 aliphatic carbocycles. The number of hydrogen-bond donors (Lipinski definition) is 1. The van der Waals surface area contributed by atoms with Crippen molar-refractivity contribution >= 4 is 5.91 Å². The van der Waals surface area contributed by atoms with Crippen molar-refractivity contribution in [3.05, 3.63) is 0 Å². The molecule has 0 heterocycles. The highest BCUT2D eigenvalue weighted by molar-refractivity contribution is 5.78. The SMILES string of the molecule is COC(C)CN(C)C(=O)C(C)C1CCCC(N)C1. The summed E-state index contributed by atoms with van der Waals surface area (Å²) in [5.41, 5.74) is 6.00. The minimum atomic E-state index is 0.0745. The first kappa shape index (κ1) is 15.4. The van der Waals surface area contributed by atoms with Crippen molar-refractivity contribution in [1.29, 1.82) is 0 Å². The maximum Gasteiger partial charge on any atom is 0.225 e. The van der Waals surface area contributed by atoms with Crippen molar-refractivity contribution in [1.82, 2.24) is 4.90 Å². The third kappa shape index (κ3) is 4.25. The number of carbonyl (C=O) groups excluding carboxylic acids is 1. The predicted octanol–water partition coefficient (Wildman–Crippen LogP) is 1.63. The van der Waals surface area contributed by atoms with Gasteiger partial charge in [0.2, 0.25) is 5.91 Å². The van der Waals surface area contributed by atoms with E-state index in [1.807, 2.05) is 20.9 Å². The van der Waals surface area contributed by atoms with E-state index in [-0.39, 0.29) is 24.0 Å². The van der Waals surface area contributed by atoms with Gasteiger partial charge in [-0.1, -0.05) is 13.3 Å². The number of rotatable bonds is 5. The third-order valence-electron chi connectivity index (χ3n) is 4.16. The standard InChI is InChI=1S/C14H28N2O2/c1-10(18-4)9-16(3)14(17)11(2)12-6-5-7-13(15)8-12/h10-13H,5-9,15H2,1-4H3. The Morgan fingerprint density at radius 3 is 2.67 bits per heavy atom. The normalized spacial score (nSPS) is 27.6. The molecule has 0 spiro atoms. The number of nitrogens with two attached hydrogens (primary N) is 1. The van der Waals surface area contributed by atoms with E-state index < -0.39 is 0 Å². The molecule has 0 bridgehead atoms. The zero-order valence-electron chi connectivity index (χ0n) is 12.2. The summed E-state index contributed by atoms with van der Waals surface area (Å²) in [6, 6.07) is 0.280. The van der Waals surface area contributed by atoms with E-state index in [1.54, 1.807) is 12.0 Å². The lowest BCUT2D eigenvalue weighted by atomic mass is 9.78. The van der Waals surface area contributed by atoms with Crippen LogP contribution in [0.3, 0.4) is 0 Å². The Balaban J connectivity index is 2.49. The molecule has 0 radical (unpaired) electrons. The molecule has 0 aromatic rings. The Kier molecular flexibility index (Phi) is 6.09.